The van der Waals surface area contributed by atoms with E-state index in [2.05, 4.69) is 5.32 Å². The first-order valence-electron chi connectivity index (χ1n) is 8.13. The summed E-state index contributed by atoms with van der Waals surface area (Å²) in [4.78, 5) is 36.1. The van der Waals surface area contributed by atoms with E-state index in [1.807, 2.05) is 37.3 Å². The molecule has 132 valence electrons. The molecule has 1 N–H and O–H groups in total. The third kappa shape index (κ3) is 5.53. The predicted molar refractivity (Wildman–Crippen MR) is 96.8 cm³/mol. The van der Waals surface area contributed by atoms with Gasteiger partial charge in [-0.05, 0) is 31.0 Å². The Bertz CT molecular complexity index is 739. The standard InChI is InChI=1S/C19H21NO4S/c1-3-7-15(14-8-5-4-6-9-14)20-18(22)12-24-19(23)17-11-10-16(25-17)13(2)21/h4-6,8-11,15H,3,7,12H2,1-2H3,(H,20,22). The maximum absolute atomic E-state index is 12.1. The highest BCUT2D eigenvalue weighted by molar-refractivity contribution is 7.15. The fraction of sp³-hybridized carbons (Fsp3) is 0.316. The van der Waals surface area contributed by atoms with E-state index >= 15 is 0 Å². The monoisotopic (exact) mass is 359 g/mol. The lowest BCUT2D eigenvalue weighted by Crippen LogP contribution is -2.32. The molecule has 0 spiro atoms. The Balaban J connectivity index is 1.90. The molecule has 0 aliphatic rings. The Hall–Kier alpha value is -2.47. The minimum Gasteiger partial charge on any atom is -0.451 e. The highest BCUT2D eigenvalue weighted by atomic mass is 32.1. The number of esters is 1. The van der Waals surface area contributed by atoms with Crippen molar-refractivity contribution in [3.05, 3.63) is 57.8 Å². The zero-order valence-electron chi connectivity index (χ0n) is 14.3. The summed E-state index contributed by atoms with van der Waals surface area (Å²) < 4.78 is 5.05. The summed E-state index contributed by atoms with van der Waals surface area (Å²) in [5.74, 6) is -1.05. The molecule has 2 rings (SSSR count). The van der Waals surface area contributed by atoms with Crippen LogP contribution in [0.2, 0.25) is 0 Å². The molecule has 1 heterocycles. The molecule has 1 amide bonds. The Morgan fingerprint density at radius 2 is 1.76 bits per heavy atom. The van der Waals surface area contributed by atoms with Gasteiger partial charge in [-0.1, -0.05) is 43.7 Å². The maximum atomic E-state index is 12.1. The lowest BCUT2D eigenvalue weighted by Gasteiger charge is -2.18. The molecule has 0 saturated heterocycles. The van der Waals surface area contributed by atoms with Crippen LogP contribution in [0.5, 0.6) is 0 Å². The van der Waals surface area contributed by atoms with Crippen molar-refractivity contribution in [1.29, 1.82) is 0 Å². The van der Waals surface area contributed by atoms with Crippen LogP contribution in [-0.2, 0) is 9.53 Å². The first-order chi connectivity index (χ1) is 12.0. The molecule has 0 aliphatic heterocycles. The molecule has 25 heavy (non-hydrogen) atoms. The second-order valence-corrected chi connectivity index (χ2v) is 6.70. The van der Waals surface area contributed by atoms with E-state index in [4.69, 9.17) is 4.74 Å². The fourth-order valence-corrected chi connectivity index (χ4v) is 3.17. The van der Waals surface area contributed by atoms with E-state index in [9.17, 15) is 14.4 Å². The minimum absolute atomic E-state index is 0.105. The SMILES string of the molecule is CCCC(NC(=O)COC(=O)c1ccc(C(C)=O)s1)c1ccccc1. The molecular formula is C19H21NO4S. The summed E-state index contributed by atoms with van der Waals surface area (Å²) in [7, 11) is 0. The third-order valence-electron chi connectivity index (χ3n) is 3.60. The van der Waals surface area contributed by atoms with Gasteiger partial charge in [0.1, 0.15) is 4.88 Å². The van der Waals surface area contributed by atoms with Crippen LogP contribution in [-0.4, -0.2) is 24.3 Å². The average molecular weight is 359 g/mol. The Labute approximate surface area is 151 Å². The molecule has 1 unspecified atom stereocenters. The van der Waals surface area contributed by atoms with Crippen LogP contribution in [0.15, 0.2) is 42.5 Å². The van der Waals surface area contributed by atoms with Crippen LogP contribution in [0.25, 0.3) is 0 Å². The predicted octanol–water partition coefficient (Wildman–Crippen LogP) is 3.77. The first kappa shape index (κ1) is 18.9. The zero-order valence-corrected chi connectivity index (χ0v) is 15.1. The van der Waals surface area contributed by atoms with Crippen molar-refractivity contribution >= 4 is 29.0 Å². The maximum Gasteiger partial charge on any atom is 0.348 e. The molecule has 0 radical (unpaired) electrons. The van der Waals surface area contributed by atoms with Crippen molar-refractivity contribution < 1.29 is 19.1 Å². The number of Topliss-reactive ketones (excluding diaryl/α,β-unsaturated/α-hetero) is 1. The van der Waals surface area contributed by atoms with E-state index in [1.165, 1.54) is 13.0 Å². The summed E-state index contributed by atoms with van der Waals surface area (Å²) in [6.45, 7) is 3.14. The first-order valence-corrected chi connectivity index (χ1v) is 8.95. The Morgan fingerprint density at radius 1 is 1.08 bits per heavy atom. The van der Waals surface area contributed by atoms with E-state index in [1.54, 1.807) is 6.07 Å². The van der Waals surface area contributed by atoms with E-state index < -0.39 is 5.97 Å². The second-order valence-electron chi connectivity index (χ2n) is 5.62. The minimum atomic E-state index is -0.598. The smallest absolute Gasteiger partial charge is 0.348 e. The average Bonchev–Trinajstić information content (AvgIpc) is 3.10. The lowest BCUT2D eigenvalue weighted by molar-refractivity contribution is -0.125. The van der Waals surface area contributed by atoms with Gasteiger partial charge in [-0.2, -0.15) is 0 Å². The number of hydrogen-bond acceptors (Lipinski definition) is 5. The number of nitrogens with one attached hydrogen (secondary N) is 1. The third-order valence-corrected chi connectivity index (χ3v) is 4.77. The van der Waals surface area contributed by atoms with Gasteiger partial charge >= 0.3 is 5.97 Å². The highest BCUT2D eigenvalue weighted by Crippen LogP contribution is 2.19. The van der Waals surface area contributed by atoms with Gasteiger partial charge in [0, 0.05) is 0 Å². The van der Waals surface area contributed by atoms with Gasteiger partial charge in [0.2, 0.25) is 0 Å². The van der Waals surface area contributed by atoms with Crippen molar-refractivity contribution in [1.82, 2.24) is 5.32 Å². The summed E-state index contributed by atoms with van der Waals surface area (Å²) in [6, 6.07) is 12.7. The van der Waals surface area contributed by atoms with Crippen LogP contribution in [0.4, 0.5) is 0 Å². The number of thiophene rings is 1. The van der Waals surface area contributed by atoms with Gasteiger partial charge in [0.25, 0.3) is 5.91 Å². The molecular weight excluding hydrogens is 338 g/mol. The number of amides is 1. The van der Waals surface area contributed by atoms with Gasteiger partial charge in [0.15, 0.2) is 12.4 Å². The van der Waals surface area contributed by atoms with Gasteiger partial charge in [-0.25, -0.2) is 4.79 Å². The van der Waals surface area contributed by atoms with Gasteiger partial charge in [-0.3, -0.25) is 9.59 Å². The number of carbonyl (C=O) groups excluding carboxylic acids is 3. The number of benzene rings is 1. The quantitative estimate of drug-likeness (QED) is 0.575. The van der Waals surface area contributed by atoms with Crippen LogP contribution >= 0.6 is 11.3 Å². The summed E-state index contributed by atoms with van der Waals surface area (Å²) in [5, 5.41) is 2.90. The number of ether oxygens (including phenoxy) is 1. The summed E-state index contributed by atoms with van der Waals surface area (Å²) >= 11 is 1.06. The molecule has 0 bridgehead atoms. The Morgan fingerprint density at radius 3 is 2.36 bits per heavy atom. The molecule has 0 fully saturated rings. The van der Waals surface area contributed by atoms with E-state index in [0.717, 1.165) is 29.7 Å². The molecule has 1 atom stereocenters. The largest absolute Gasteiger partial charge is 0.451 e. The number of ketones is 1. The normalized spacial score (nSPS) is 11.6. The van der Waals surface area contributed by atoms with E-state index in [0.29, 0.717) is 9.75 Å². The van der Waals surface area contributed by atoms with Gasteiger partial charge < -0.3 is 10.1 Å². The summed E-state index contributed by atoms with van der Waals surface area (Å²) in [5.41, 5.74) is 1.02. The fourth-order valence-electron chi connectivity index (χ4n) is 2.37. The number of rotatable bonds is 8. The topological polar surface area (TPSA) is 72.5 Å². The highest BCUT2D eigenvalue weighted by Gasteiger charge is 2.17. The molecule has 5 nitrogen and oxygen atoms in total. The molecule has 1 aromatic carbocycles. The van der Waals surface area contributed by atoms with Crippen molar-refractivity contribution in [3.63, 3.8) is 0 Å². The molecule has 0 aliphatic carbocycles. The van der Waals surface area contributed by atoms with Crippen LogP contribution in [0.1, 0.15) is 57.6 Å². The van der Waals surface area contributed by atoms with Crippen molar-refractivity contribution in [2.45, 2.75) is 32.7 Å². The molecule has 2 aromatic rings. The molecule has 0 saturated carbocycles. The lowest BCUT2D eigenvalue weighted by atomic mass is 10.0. The zero-order chi connectivity index (χ0) is 18.2. The van der Waals surface area contributed by atoms with Crippen LogP contribution < -0.4 is 5.32 Å². The Kier molecular flexibility index (Phi) is 6.89. The van der Waals surface area contributed by atoms with Gasteiger partial charge in [0.05, 0.1) is 10.9 Å². The number of carbonyl (C=O) groups is 3. The molecule has 1 aromatic heterocycles. The van der Waals surface area contributed by atoms with Crippen molar-refractivity contribution in [3.8, 4) is 0 Å². The van der Waals surface area contributed by atoms with E-state index in [-0.39, 0.29) is 24.3 Å². The van der Waals surface area contributed by atoms with Crippen LogP contribution in [0, 0.1) is 0 Å². The second kappa shape index (κ2) is 9.13. The number of hydrogen-bond donors (Lipinski definition) is 1. The van der Waals surface area contributed by atoms with Crippen LogP contribution in [0.3, 0.4) is 0 Å². The van der Waals surface area contributed by atoms with Crippen molar-refractivity contribution in [2.75, 3.05) is 6.61 Å². The molecule has 6 heteroatoms. The van der Waals surface area contributed by atoms with Gasteiger partial charge in [-0.15, -0.1) is 11.3 Å². The summed E-state index contributed by atoms with van der Waals surface area (Å²) in [6.07, 6.45) is 1.72. The van der Waals surface area contributed by atoms with Crippen molar-refractivity contribution in [2.24, 2.45) is 0 Å².